The number of carbonyl (C=O) groups is 1. The van der Waals surface area contributed by atoms with Crippen molar-refractivity contribution in [2.75, 3.05) is 5.32 Å². The minimum absolute atomic E-state index is 0.00874. The fourth-order valence-electron chi connectivity index (χ4n) is 2.15. The van der Waals surface area contributed by atoms with Gasteiger partial charge in [0.2, 0.25) is 0 Å². The van der Waals surface area contributed by atoms with Gasteiger partial charge in [-0.2, -0.15) is 0 Å². The normalized spacial score (nSPS) is 10.5. The van der Waals surface area contributed by atoms with E-state index >= 15 is 0 Å². The van der Waals surface area contributed by atoms with Gasteiger partial charge in [0.05, 0.1) is 15.5 Å². The van der Waals surface area contributed by atoms with E-state index in [0.29, 0.717) is 16.7 Å². The van der Waals surface area contributed by atoms with Crippen LogP contribution in [0.1, 0.15) is 10.4 Å². The summed E-state index contributed by atoms with van der Waals surface area (Å²) in [4.78, 5) is 33.7. The number of rotatable bonds is 3. The minimum atomic E-state index is -0.606. The van der Waals surface area contributed by atoms with E-state index in [-0.39, 0.29) is 16.3 Å². The van der Waals surface area contributed by atoms with Gasteiger partial charge in [0, 0.05) is 29.3 Å². The van der Waals surface area contributed by atoms with Crippen LogP contribution in [0.15, 0.2) is 57.7 Å². The summed E-state index contributed by atoms with van der Waals surface area (Å²) in [6, 6.07) is 11.2. The highest BCUT2D eigenvalue weighted by Crippen LogP contribution is 2.24. The Labute approximate surface area is 139 Å². The van der Waals surface area contributed by atoms with Crippen molar-refractivity contribution >= 4 is 39.9 Å². The summed E-state index contributed by atoms with van der Waals surface area (Å²) in [5, 5.41) is 14.1. The minimum Gasteiger partial charge on any atom is -0.423 e. The van der Waals surface area contributed by atoms with Gasteiger partial charge in [-0.1, -0.05) is 11.6 Å². The molecule has 1 N–H and O–H groups in total. The number of anilines is 1. The van der Waals surface area contributed by atoms with Crippen molar-refractivity contribution < 1.29 is 14.1 Å². The number of non-ortho nitro benzene ring substituents is 1. The Hall–Kier alpha value is -3.19. The summed E-state index contributed by atoms with van der Waals surface area (Å²) in [5.41, 5.74) is 0.107. The zero-order valence-electron chi connectivity index (χ0n) is 12.0. The maximum Gasteiger partial charge on any atom is 0.336 e. The first-order valence-corrected chi connectivity index (χ1v) is 7.11. The van der Waals surface area contributed by atoms with Crippen molar-refractivity contribution in [2.45, 2.75) is 0 Å². The van der Waals surface area contributed by atoms with E-state index < -0.39 is 16.5 Å². The van der Waals surface area contributed by atoms with Gasteiger partial charge in [-0.05, 0) is 30.3 Å². The molecule has 0 atom stereocenters. The topological polar surface area (TPSA) is 102 Å². The Morgan fingerprint density at radius 1 is 1.12 bits per heavy atom. The van der Waals surface area contributed by atoms with Gasteiger partial charge >= 0.3 is 5.63 Å². The second kappa shape index (κ2) is 6.13. The smallest absolute Gasteiger partial charge is 0.336 e. The predicted molar refractivity (Wildman–Crippen MR) is 88.5 cm³/mol. The fourth-order valence-corrected chi connectivity index (χ4v) is 2.35. The lowest BCUT2D eigenvalue weighted by Gasteiger charge is -2.07. The molecule has 1 amide bonds. The highest BCUT2D eigenvalue weighted by Gasteiger charge is 2.16. The molecule has 0 spiro atoms. The van der Waals surface area contributed by atoms with Crippen LogP contribution in [0.4, 0.5) is 11.4 Å². The number of amides is 1. The van der Waals surface area contributed by atoms with Crippen molar-refractivity contribution in [1.29, 1.82) is 0 Å². The zero-order valence-corrected chi connectivity index (χ0v) is 12.7. The Morgan fingerprint density at radius 3 is 2.67 bits per heavy atom. The number of halogens is 1. The van der Waals surface area contributed by atoms with Crippen LogP contribution in [0, 0.1) is 10.1 Å². The number of nitro groups is 1. The molecular weight excluding hydrogens is 336 g/mol. The van der Waals surface area contributed by atoms with Gasteiger partial charge < -0.3 is 9.73 Å². The van der Waals surface area contributed by atoms with Crippen molar-refractivity contribution in [3.8, 4) is 0 Å². The SMILES string of the molecule is O=C(Nc1ccc2oc(=O)ccc2c1)c1cc([N+](=O)[O-])ccc1Cl. The summed E-state index contributed by atoms with van der Waals surface area (Å²) in [6.07, 6.45) is 0. The van der Waals surface area contributed by atoms with Gasteiger partial charge in [0.25, 0.3) is 11.6 Å². The molecule has 0 radical (unpaired) electrons. The van der Waals surface area contributed by atoms with E-state index in [4.69, 9.17) is 16.0 Å². The molecule has 0 saturated carbocycles. The first-order valence-electron chi connectivity index (χ1n) is 6.73. The number of nitrogens with zero attached hydrogens (tertiary/aromatic N) is 1. The molecule has 7 nitrogen and oxygen atoms in total. The molecule has 0 bridgehead atoms. The van der Waals surface area contributed by atoms with Crippen LogP contribution in [0.3, 0.4) is 0 Å². The third-order valence-corrected chi connectivity index (χ3v) is 3.61. The average molecular weight is 345 g/mol. The molecule has 2 aromatic carbocycles. The van der Waals surface area contributed by atoms with Crippen molar-refractivity contribution in [2.24, 2.45) is 0 Å². The summed E-state index contributed by atoms with van der Waals surface area (Å²) < 4.78 is 5.00. The van der Waals surface area contributed by atoms with Crippen LogP contribution in [0.2, 0.25) is 5.02 Å². The van der Waals surface area contributed by atoms with E-state index in [1.54, 1.807) is 24.3 Å². The van der Waals surface area contributed by atoms with Crippen LogP contribution in [0.5, 0.6) is 0 Å². The molecule has 3 aromatic rings. The third-order valence-electron chi connectivity index (χ3n) is 3.28. The molecule has 0 fully saturated rings. The molecule has 8 heteroatoms. The largest absolute Gasteiger partial charge is 0.423 e. The number of hydrogen-bond acceptors (Lipinski definition) is 5. The molecule has 0 aliphatic heterocycles. The standard InChI is InChI=1S/C16H9ClN2O5/c17-13-4-3-11(19(22)23)8-12(13)16(21)18-10-2-5-14-9(7-10)1-6-15(20)24-14/h1-8H,(H,18,21). The number of hydrogen-bond donors (Lipinski definition) is 1. The molecule has 1 aromatic heterocycles. The second-order valence-corrected chi connectivity index (χ2v) is 5.29. The van der Waals surface area contributed by atoms with E-state index in [0.717, 1.165) is 6.07 Å². The van der Waals surface area contributed by atoms with Crippen LogP contribution >= 0.6 is 11.6 Å². The lowest BCUT2D eigenvalue weighted by molar-refractivity contribution is -0.384. The predicted octanol–water partition coefficient (Wildman–Crippen LogP) is 3.61. The van der Waals surface area contributed by atoms with Crippen LogP contribution in [-0.2, 0) is 0 Å². The zero-order chi connectivity index (χ0) is 17.3. The molecular formula is C16H9ClN2O5. The van der Waals surface area contributed by atoms with Crippen molar-refractivity contribution in [3.63, 3.8) is 0 Å². The summed E-state index contributed by atoms with van der Waals surface area (Å²) in [5.74, 6) is -0.583. The maximum absolute atomic E-state index is 12.3. The summed E-state index contributed by atoms with van der Waals surface area (Å²) in [6.45, 7) is 0. The Balaban J connectivity index is 1.92. The maximum atomic E-state index is 12.3. The quantitative estimate of drug-likeness (QED) is 0.444. The molecule has 0 aliphatic rings. The van der Waals surface area contributed by atoms with E-state index in [9.17, 15) is 19.7 Å². The van der Waals surface area contributed by atoms with Gasteiger partial charge in [0.15, 0.2) is 0 Å². The number of benzene rings is 2. The molecule has 0 aliphatic carbocycles. The van der Waals surface area contributed by atoms with Gasteiger partial charge in [-0.25, -0.2) is 4.79 Å². The fraction of sp³-hybridized carbons (Fsp3) is 0. The first kappa shape index (κ1) is 15.7. The van der Waals surface area contributed by atoms with Gasteiger partial charge in [-0.15, -0.1) is 0 Å². The molecule has 120 valence electrons. The molecule has 24 heavy (non-hydrogen) atoms. The van der Waals surface area contributed by atoms with Gasteiger partial charge in [-0.3, -0.25) is 14.9 Å². The summed E-state index contributed by atoms with van der Waals surface area (Å²) >= 11 is 5.94. The Morgan fingerprint density at radius 2 is 1.92 bits per heavy atom. The van der Waals surface area contributed by atoms with E-state index in [2.05, 4.69) is 5.32 Å². The van der Waals surface area contributed by atoms with Crippen LogP contribution in [-0.4, -0.2) is 10.8 Å². The highest BCUT2D eigenvalue weighted by atomic mass is 35.5. The van der Waals surface area contributed by atoms with E-state index in [1.807, 2.05) is 0 Å². The molecule has 0 unspecified atom stereocenters. The first-order chi connectivity index (χ1) is 11.4. The second-order valence-electron chi connectivity index (χ2n) is 4.88. The van der Waals surface area contributed by atoms with Gasteiger partial charge in [0.1, 0.15) is 5.58 Å². The van der Waals surface area contributed by atoms with E-state index in [1.165, 1.54) is 18.2 Å². The number of nitro benzene ring substituents is 1. The van der Waals surface area contributed by atoms with Crippen molar-refractivity contribution in [3.05, 3.63) is 79.7 Å². The monoisotopic (exact) mass is 344 g/mol. The molecule has 0 saturated heterocycles. The average Bonchev–Trinajstić information content (AvgIpc) is 2.55. The van der Waals surface area contributed by atoms with Crippen LogP contribution < -0.4 is 10.9 Å². The number of fused-ring (bicyclic) bond motifs is 1. The molecule has 3 rings (SSSR count). The summed E-state index contributed by atoms with van der Waals surface area (Å²) in [7, 11) is 0. The Kier molecular flexibility index (Phi) is 4.01. The third kappa shape index (κ3) is 3.11. The van der Waals surface area contributed by atoms with Crippen molar-refractivity contribution in [1.82, 2.24) is 0 Å². The number of carbonyl (C=O) groups excluding carboxylic acids is 1. The number of nitrogens with one attached hydrogen (secondary N) is 1. The Bertz CT molecular complexity index is 1030. The van der Waals surface area contributed by atoms with Crippen LogP contribution in [0.25, 0.3) is 11.0 Å². The molecule has 1 heterocycles. The lowest BCUT2D eigenvalue weighted by Crippen LogP contribution is -2.12. The lowest BCUT2D eigenvalue weighted by atomic mass is 10.1. The highest BCUT2D eigenvalue weighted by molar-refractivity contribution is 6.34.